The molecule has 1 aliphatic heterocycles. The summed E-state index contributed by atoms with van der Waals surface area (Å²) in [4.78, 5) is 27.7. The van der Waals surface area contributed by atoms with Gasteiger partial charge in [-0.1, -0.05) is 65.4 Å². The third-order valence-electron chi connectivity index (χ3n) is 5.76. The second kappa shape index (κ2) is 13.9. The van der Waals surface area contributed by atoms with Crippen molar-refractivity contribution in [2.24, 2.45) is 11.8 Å². The van der Waals surface area contributed by atoms with Crippen LogP contribution in [0.4, 0.5) is 4.79 Å². The van der Waals surface area contributed by atoms with Gasteiger partial charge < -0.3 is 19.1 Å². The highest BCUT2D eigenvalue weighted by atomic mass is 127. The molecule has 3 atom stereocenters. The minimum absolute atomic E-state index is 0.0848. The van der Waals surface area contributed by atoms with E-state index in [4.69, 9.17) is 14.2 Å². The van der Waals surface area contributed by atoms with Crippen LogP contribution in [0.1, 0.15) is 58.4 Å². The molecule has 0 bridgehead atoms. The average Bonchev–Trinajstić information content (AvgIpc) is 2.78. The molecule has 0 saturated carbocycles. The van der Waals surface area contributed by atoms with Crippen molar-refractivity contribution >= 4 is 34.7 Å². The minimum atomic E-state index is -0.593. The Balaban J connectivity index is 2.04. The van der Waals surface area contributed by atoms with Crippen molar-refractivity contribution in [2.75, 3.05) is 20.3 Å². The number of piperidine rings is 1. The normalized spacial score (nSPS) is 20.0. The quantitative estimate of drug-likeness (QED) is 0.192. The highest BCUT2D eigenvalue weighted by Crippen LogP contribution is 2.34. The van der Waals surface area contributed by atoms with Crippen LogP contribution in [0.15, 0.2) is 40.5 Å². The Labute approximate surface area is 212 Å². The highest BCUT2D eigenvalue weighted by Gasteiger charge is 2.43. The molecule has 1 aromatic rings. The largest absolute Gasteiger partial charge is 0.469 e. The lowest BCUT2D eigenvalue weighted by Crippen LogP contribution is -2.54. The Morgan fingerprint density at radius 2 is 1.94 bits per heavy atom. The topological polar surface area (TPSA) is 65.1 Å². The minimum Gasteiger partial charge on any atom is -0.469 e. The molecule has 0 N–H and O–H groups in total. The molecule has 1 heterocycles. The van der Waals surface area contributed by atoms with E-state index in [2.05, 4.69) is 28.7 Å². The molecule has 184 valence electrons. The van der Waals surface area contributed by atoms with Crippen molar-refractivity contribution in [3.8, 4) is 0 Å². The van der Waals surface area contributed by atoms with Gasteiger partial charge in [0.05, 0.1) is 25.7 Å². The number of carbonyl (C=O) groups excluding carboxylic acids is 2. The van der Waals surface area contributed by atoms with E-state index < -0.39 is 11.5 Å². The third kappa shape index (κ3) is 9.27. The first kappa shape index (κ1) is 27.6. The van der Waals surface area contributed by atoms with Gasteiger partial charge in [0.25, 0.3) is 0 Å². The smallest absolute Gasteiger partial charge is 0.410 e. The van der Waals surface area contributed by atoms with Gasteiger partial charge in [-0.05, 0) is 62.0 Å². The summed E-state index contributed by atoms with van der Waals surface area (Å²) in [6.45, 7) is 7.37. The molecule has 1 fully saturated rings. The molecule has 6 nitrogen and oxygen atoms in total. The monoisotopic (exact) mass is 571 g/mol. The first-order valence-corrected chi connectivity index (χ1v) is 13.0. The number of hydrogen-bond acceptors (Lipinski definition) is 5. The summed E-state index contributed by atoms with van der Waals surface area (Å²) < 4.78 is 18.6. The molecule has 1 saturated heterocycles. The lowest BCUT2D eigenvalue weighted by Gasteiger charge is -2.43. The van der Waals surface area contributed by atoms with Crippen molar-refractivity contribution in [2.45, 2.75) is 71.1 Å². The summed E-state index contributed by atoms with van der Waals surface area (Å²) >= 11 is 2.20. The van der Waals surface area contributed by atoms with E-state index in [1.807, 2.05) is 55.2 Å². The van der Waals surface area contributed by atoms with E-state index in [0.717, 1.165) is 31.2 Å². The first-order valence-electron chi connectivity index (χ1n) is 11.7. The van der Waals surface area contributed by atoms with Gasteiger partial charge >= 0.3 is 12.1 Å². The maximum atomic E-state index is 13.0. The van der Waals surface area contributed by atoms with Crippen LogP contribution < -0.4 is 0 Å². The lowest BCUT2D eigenvalue weighted by molar-refractivity contribution is -0.149. The summed E-state index contributed by atoms with van der Waals surface area (Å²) in [5.74, 6) is -0.594. The van der Waals surface area contributed by atoms with Gasteiger partial charge in [0, 0.05) is 13.2 Å². The zero-order chi connectivity index (χ0) is 24.3. The molecule has 0 aliphatic carbocycles. The molecule has 1 aliphatic rings. The van der Waals surface area contributed by atoms with E-state index in [-0.39, 0.29) is 24.0 Å². The number of halogens is 1. The van der Waals surface area contributed by atoms with Gasteiger partial charge in [0.15, 0.2) is 0 Å². The molecular weight excluding hydrogens is 533 g/mol. The molecule has 33 heavy (non-hydrogen) atoms. The second-order valence-corrected chi connectivity index (χ2v) is 10.2. The fourth-order valence-electron chi connectivity index (χ4n) is 4.31. The fourth-order valence-corrected chi connectivity index (χ4v) is 4.85. The number of carbonyl (C=O) groups is 2. The molecule has 0 unspecified atom stereocenters. The summed E-state index contributed by atoms with van der Waals surface area (Å²) in [6, 6.07) is 9.80. The number of rotatable bonds is 10. The number of hydrogen-bond donors (Lipinski definition) is 0. The predicted molar refractivity (Wildman–Crippen MR) is 138 cm³/mol. The summed E-state index contributed by atoms with van der Waals surface area (Å²) in [5, 5.41) is 0. The molecule has 0 radical (unpaired) electrons. The van der Waals surface area contributed by atoms with Crippen LogP contribution in [0.5, 0.6) is 0 Å². The van der Waals surface area contributed by atoms with Crippen molar-refractivity contribution in [1.29, 1.82) is 0 Å². The van der Waals surface area contributed by atoms with Crippen LogP contribution in [0, 0.1) is 11.8 Å². The van der Waals surface area contributed by atoms with Crippen LogP contribution in [0.25, 0.3) is 0 Å². The number of likely N-dealkylation sites (tertiary alicyclic amines) is 1. The predicted octanol–water partition coefficient (Wildman–Crippen LogP) is 6.13. The molecular formula is C26H38INO5. The van der Waals surface area contributed by atoms with Crippen LogP contribution in [0.3, 0.4) is 0 Å². The van der Waals surface area contributed by atoms with E-state index in [9.17, 15) is 9.59 Å². The Morgan fingerprint density at radius 1 is 1.21 bits per heavy atom. The Bertz CT molecular complexity index is 762. The fraction of sp³-hybridized carbons (Fsp3) is 0.615. The van der Waals surface area contributed by atoms with Crippen molar-refractivity contribution in [3.05, 3.63) is 46.1 Å². The van der Waals surface area contributed by atoms with Crippen LogP contribution in [-0.4, -0.2) is 48.9 Å². The van der Waals surface area contributed by atoms with Gasteiger partial charge in [0.1, 0.15) is 5.60 Å². The van der Waals surface area contributed by atoms with E-state index in [0.29, 0.717) is 26.2 Å². The van der Waals surface area contributed by atoms with Gasteiger partial charge in [0.2, 0.25) is 0 Å². The number of ether oxygens (including phenoxy) is 3. The number of esters is 1. The SMILES string of the molecule is COC(=O)[C@H](CCCCOCc1ccccc1)[C@@H]1[C@@H](/C=C\I)CCCN1C(=O)OC(C)(C)C. The standard InChI is InChI=1S/C26H38INO5/c1-26(2,3)33-25(30)28-17-10-13-21(15-16-27)23(28)22(24(29)31-4)14-8-9-18-32-19-20-11-6-5-7-12-20/h5-7,11-12,15-16,21-23H,8-10,13-14,17-19H2,1-4H3/b16-15-/t21-,22-,23+/m1/s1. The zero-order valence-electron chi connectivity index (χ0n) is 20.3. The maximum absolute atomic E-state index is 13.0. The van der Waals surface area contributed by atoms with Gasteiger partial charge in [-0.3, -0.25) is 4.79 Å². The van der Waals surface area contributed by atoms with E-state index in [1.54, 1.807) is 4.90 Å². The summed E-state index contributed by atoms with van der Waals surface area (Å²) in [5.41, 5.74) is 0.554. The van der Waals surface area contributed by atoms with Crippen LogP contribution >= 0.6 is 22.6 Å². The van der Waals surface area contributed by atoms with Crippen molar-refractivity contribution in [3.63, 3.8) is 0 Å². The zero-order valence-corrected chi connectivity index (χ0v) is 22.5. The molecule has 2 rings (SSSR count). The third-order valence-corrected chi connectivity index (χ3v) is 6.18. The molecule has 1 aromatic carbocycles. The molecule has 0 aromatic heterocycles. The number of benzene rings is 1. The van der Waals surface area contributed by atoms with Crippen molar-refractivity contribution < 1.29 is 23.8 Å². The van der Waals surface area contributed by atoms with Crippen LogP contribution in [0.2, 0.25) is 0 Å². The molecule has 0 spiro atoms. The molecule has 7 heteroatoms. The van der Waals surface area contributed by atoms with Crippen molar-refractivity contribution in [1.82, 2.24) is 4.90 Å². The maximum Gasteiger partial charge on any atom is 0.410 e. The average molecular weight is 571 g/mol. The Morgan fingerprint density at radius 3 is 2.58 bits per heavy atom. The first-order chi connectivity index (χ1) is 15.8. The van der Waals surface area contributed by atoms with Gasteiger partial charge in [-0.2, -0.15) is 0 Å². The highest BCUT2D eigenvalue weighted by molar-refractivity contribution is 14.1. The van der Waals surface area contributed by atoms with Crippen LogP contribution in [-0.2, 0) is 25.6 Å². The number of unbranched alkanes of at least 4 members (excludes halogenated alkanes) is 1. The Kier molecular flexibility index (Phi) is 11.7. The van der Waals surface area contributed by atoms with E-state index >= 15 is 0 Å². The van der Waals surface area contributed by atoms with Gasteiger partial charge in [-0.25, -0.2) is 4.79 Å². The number of amides is 1. The molecule has 1 amide bonds. The Hall–Kier alpha value is -1.61. The lowest BCUT2D eigenvalue weighted by atomic mass is 9.79. The summed E-state index contributed by atoms with van der Waals surface area (Å²) in [6.07, 6.45) is 5.83. The van der Waals surface area contributed by atoms with Gasteiger partial charge in [-0.15, -0.1) is 0 Å². The summed E-state index contributed by atoms with van der Waals surface area (Å²) in [7, 11) is 1.42. The van der Waals surface area contributed by atoms with E-state index in [1.165, 1.54) is 7.11 Å². The second-order valence-electron chi connectivity index (χ2n) is 9.45. The number of nitrogens with zero attached hydrogens (tertiary/aromatic N) is 1. The number of methoxy groups -OCH3 is 1.